The molecule has 7 heteroatoms. The van der Waals surface area contributed by atoms with E-state index < -0.39 is 0 Å². The largest absolute Gasteiger partial charge is 0.344 e. The molecule has 1 unspecified atom stereocenters. The standard InChI is InChI=1S/C24H26N6O/c1-16-17(2)29(20-9-4-3-8-19(16)20)14-11-22(31)30-13-6-10-21(30)24-26-23(27-28-24)18-7-5-12-25-15-18/h3-5,7-9,12,15,21H,6,10-11,13-14H2,1-2H3,(H,26,27,28). The summed E-state index contributed by atoms with van der Waals surface area (Å²) in [7, 11) is 0. The fraction of sp³-hybridized carbons (Fsp3) is 0.333. The van der Waals surface area contributed by atoms with Gasteiger partial charge in [0.15, 0.2) is 5.82 Å². The van der Waals surface area contributed by atoms with Gasteiger partial charge in [0.05, 0.1) is 6.04 Å². The van der Waals surface area contributed by atoms with Gasteiger partial charge in [0.25, 0.3) is 0 Å². The van der Waals surface area contributed by atoms with Crippen LogP contribution in [0.3, 0.4) is 0 Å². The highest BCUT2D eigenvalue weighted by Gasteiger charge is 2.32. The molecule has 1 aromatic carbocycles. The number of hydrogen-bond donors (Lipinski definition) is 1. The van der Waals surface area contributed by atoms with Crippen molar-refractivity contribution in [1.29, 1.82) is 0 Å². The van der Waals surface area contributed by atoms with Crippen molar-refractivity contribution in [2.75, 3.05) is 6.54 Å². The van der Waals surface area contributed by atoms with Gasteiger partial charge in [0.2, 0.25) is 5.91 Å². The number of aromatic amines is 1. The number of hydrogen-bond acceptors (Lipinski definition) is 4. The first-order valence-electron chi connectivity index (χ1n) is 10.8. The SMILES string of the molecule is Cc1c(C)n(CCC(=O)N2CCCC2c2nc(-c3cccnc3)n[nH]2)c2ccccc12. The fourth-order valence-corrected chi connectivity index (χ4v) is 4.64. The number of benzene rings is 1. The first-order chi connectivity index (χ1) is 15.1. The van der Waals surface area contributed by atoms with E-state index in [1.165, 1.54) is 22.2 Å². The number of H-pyrrole nitrogens is 1. The zero-order valence-corrected chi connectivity index (χ0v) is 17.9. The van der Waals surface area contributed by atoms with Crippen LogP contribution in [0.1, 0.15) is 42.4 Å². The maximum absolute atomic E-state index is 13.2. The maximum Gasteiger partial charge on any atom is 0.224 e. The number of para-hydroxylation sites is 1. The van der Waals surface area contributed by atoms with Gasteiger partial charge in [0.1, 0.15) is 5.82 Å². The van der Waals surface area contributed by atoms with E-state index in [9.17, 15) is 4.79 Å². The van der Waals surface area contributed by atoms with Gasteiger partial charge in [-0.05, 0) is 50.5 Å². The Morgan fingerprint density at radius 2 is 2.06 bits per heavy atom. The van der Waals surface area contributed by atoms with Crippen LogP contribution in [0.25, 0.3) is 22.3 Å². The molecule has 7 nitrogen and oxygen atoms in total. The number of fused-ring (bicyclic) bond motifs is 1. The molecule has 31 heavy (non-hydrogen) atoms. The zero-order chi connectivity index (χ0) is 21.4. The minimum absolute atomic E-state index is 0.0466. The van der Waals surface area contributed by atoms with Crippen LogP contribution in [-0.2, 0) is 11.3 Å². The molecule has 1 saturated heterocycles. The molecule has 1 amide bonds. The van der Waals surface area contributed by atoms with Crippen molar-refractivity contribution in [3.63, 3.8) is 0 Å². The topological polar surface area (TPSA) is 79.7 Å². The minimum Gasteiger partial charge on any atom is -0.344 e. The fourth-order valence-electron chi connectivity index (χ4n) is 4.64. The van der Waals surface area contributed by atoms with Crippen LogP contribution in [0, 0.1) is 13.8 Å². The summed E-state index contributed by atoms with van der Waals surface area (Å²) in [5.41, 5.74) is 4.57. The van der Waals surface area contributed by atoms with E-state index in [2.05, 4.69) is 62.8 Å². The third-order valence-electron chi connectivity index (χ3n) is 6.41. The first-order valence-corrected chi connectivity index (χ1v) is 10.8. The van der Waals surface area contributed by atoms with Gasteiger partial charge in [-0.2, -0.15) is 5.10 Å². The summed E-state index contributed by atoms with van der Waals surface area (Å²) in [5, 5.41) is 8.66. The lowest BCUT2D eigenvalue weighted by molar-refractivity contribution is -0.132. The number of aromatic nitrogens is 5. The molecule has 1 N–H and O–H groups in total. The summed E-state index contributed by atoms with van der Waals surface area (Å²) in [5.74, 6) is 1.53. The number of carbonyl (C=O) groups excluding carboxylic acids is 1. The predicted octanol–water partition coefficient (Wildman–Crippen LogP) is 4.19. The van der Waals surface area contributed by atoms with E-state index in [0.717, 1.165) is 30.8 Å². The number of pyridine rings is 1. The third-order valence-corrected chi connectivity index (χ3v) is 6.41. The van der Waals surface area contributed by atoms with Gasteiger partial charge >= 0.3 is 0 Å². The van der Waals surface area contributed by atoms with E-state index in [0.29, 0.717) is 18.8 Å². The number of nitrogens with one attached hydrogen (secondary N) is 1. The first kappa shape index (κ1) is 19.5. The number of carbonyl (C=O) groups is 1. The maximum atomic E-state index is 13.2. The van der Waals surface area contributed by atoms with Gasteiger partial charge in [-0.3, -0.25) is 14.9 Å². The van der Waals surface area contributed by atoms with E-state index in [1.54, 1.807) is 12.4 Å². The Morgan fingerprint density at radius 3 is 2.90 bits per heavy atom. The molecule has 0 saturated carbocycles. The molecule has 0 bridgehead atoms. The molecule has 1 aliphatic rings. The van der Waals surface area contributed by atoms with Crippen molar-refractivity contribution >= 4 is 16.8 Å². The Labute approximate surface area is 181 Å². The summed E-state index contributed by atoms with van der Waals surface area (Å²) >= 11 is 0. The van der Waals surface area contributed by atoms with Gasteiger partial charge in [0, 0.05) is 54.1 Å². The Bertz CT molecular complexity index is 1230. The van der Waals surface area contributed by atoms with Crippen molar-refractivity contribution in [3.8, 4) is 11.4 Å². The monoisotopic (exact) mass is 414 g/mol. The van der Waals surface area contributed by atoms with Gasteiger partial charge < -0.3 is 9.47 Å². The Kier molecular flexibility index (Phi) is 5.02. The lowest BCUT2D eigenvalue weighted by Gasteiger charge is -2.23. The number of nitrogens with zero attached hydrogens (tertiary/aromatic N) is 5. The van der Waals surface area contributed by atoms with E-state index in [-0.39, 0.29) is 11.9 Å². The normalized spacial score (nSPS) is 16.3. The highest BCUT2D eigenvalue weighted by molar-refractivity contribution is 5.85. The summed E-state index contributed by atoms with van der Waals surface area (Å²) in [6.45, 7) is 5.72. The summed E-state index contributed by atoms with van der Waals surface area (Å²) < 4.78 is 2.27. The van der Waals surface area contributed by atoms with Crippen LogP contribution in [0.2, 0.25) is 0 Å². The van der Waals surface area contributed by atoms with Gasteiger partial charge in [-0.25, -0.2) is 4.98 Å². The van der Waals surface area contributed by atoms with Crippen molar-refractivity contribution in [1.82, 2.24) is 29.6 Å². The van der Waals surface area contributed by atoms with Crippen LogP contribution in [0.5, 0.6) is 0 Å². The molecule has 1 fully saturated rings. The van der Waals surface area contributed by atoms with Gasteiger partial charge in [-0.15, -0.1) is 0 Å². The second-order valence-corrected chi connectivity index (χ2v) is 8.16. The molecule has 0 aliphatic carbocycles. The molecular formula is C24H26N6O. The van der Waals surface area contributed by atoms with Crippen LogP contribution in [0.15, 0.2) is 48.8 Å². The average molecular weight is 415 g/mol. The Morgan fingerprint density at radius 1 is 1.19 bits per heavy atom. The number of rotatable bonds is 5. The van der Waals surface area contributed by atoms with Crippen LogP contribution in [-0.4, -0.2) is 42.1 Å². The highest BCUT2D eigenvalue weighted by Crippen LogP contribution is 2.32. The molecule has 158 valence electrons. The summed E-state index contributed by atoms with van der Waals surface area (Å²) in [4.78, 5) is 23.9. The summed E-state index contributed by atoms with van der Waals surface area (Å²) in [6.07, 6.45) is 5.82. The Balaban J connectivity index is 1.32. The molecule has 3 aromatic heterocycles. The average Bonchev–Trinajstić information content (AvgIpc) is 3.53. The number of amides is 1. The van der Waals surface area contributed by atoms with E-state index in [4.69, 9.17) is 0 Å². The Hall–Kier alpha value is -3.48. The number of aryl methyl sites for hydroxylation is 2. The van der Waals surface area contributed by atoms with E-state index >= 15 is 0 Å². The lowest BCUT2D eigenvalue weighted by Crippen LogP contribution is -2.31. The molecular weight excluding hydrogens is 388 g/mol. The molecule has 4 aromatic rings. The van der Waals surface area contributed by atoms with Crippen molar-refractivity contribution in [3.05, 3.63) is 65.9 Å². The molecule has 0 spiro atoms. The molecule has 0 radical (unpaired) electrons. The van der Waals surface area contributed by atoms with Crippen LogP contribution in [0.4, 0.5) is 0 Å². The quantitative estimate of drug-likeness (QED) is 0.531. The third kappa shape index (κ3) is 3.50. The highest BCUT2D eigenvalue weighted by atomic mass is 16.2. The van der Waals surface area contributed by atoms with Crippen molar-refractivity contribution < 1.29 is 4.79 Å². The minimum atomic E-state index is -0.0466. The molecule has 5 rings (SSSR count). The zero-order valence-electron chi connectivity index (χ0n) is 17.9. The predicted molar refractivity (Wildman–Crippen MR) is 119 cm³/mol. The van der Waals surface area contributed by atoms with Crippen LogP contribution >= 0.6 is 0 Å². The second kappa shape index (κ2) is 7.98. The van der Waals surface area contributed by atoms with Crippen molar-refractivity contribution in [2.45, 2.75) is 45.7 Å². The lowest BCUT2D eigenvalue weighted by atomic mass is 10.2. The number of likely N-dealkylation sites (tertiary alicyclic amines) is 1. The van der Waals surface area contributed by atoms with Crippen molar-refractivity contribution in [2.24, 2.45) is 0 Å². The summed E-state index contributed by atoms with van der Waals surface area (Å²) in [6, 6.07) is 12.2. The van der Waals surface area contributed by atoms with Gasteiger partial charge in [-0.1, -0.05) is 18.2 Å². The van der Waals surface area contributed by atoms with E-state index in [1.807, 2.05) is 17.0 Å². The second-order valence-electron chi connectivity index (χ2n) is 8.16. The molecule has 1 atom stereocenters. The molecule has 4 heterocycles. The molecule has 1 aliphatic heterocycles. The van der Waals surface area contributed by atoms with Crippen LogP contribution < -0.4 is 0 Å². The smallest absolute Gasteiger partial charge is 0.224 e.